The van der Waals surface area contributed by atoms with E-state index >= 15 is 0 Å². The molecule has 2 rings (SSSR count). The monoisotopic (exact) mass is 317 g/mol. The highest BCUT2D eigenvalue weighted by molar-refractivity contribution is 6.39. The maximum Gasteiger partial charge on any atom is 0.329 e. The van der Waals surface area contributed by atoms with Crippen LogP contribution < -0.4 is 15.5 Å². The van der Waals surface area contributed by atoms with Gasteiger partial charge in [0.05, 0.1) is 12.8 Å². The van der Waals surface area contributed by atoms with Gasteiger partial charge in [0, 0.05) is 5.71 Å². The van der Waals surface area contributed by atoms with Crippen LogP contribution in [0.5, 0.6) is 5.75 Å². The van der Waals surface area contributed by atoms with Crippen molar-refractivity contribution < 1.29 is 14.3 Å². The highest BCUT2D eigenvalue weighted by Gasteiger charge is 2.16. The first-order chi connectivity index (χ1) is 11.1. The minimum atomic E-state index is -0.773. The molecule has 6 heteroatoms. The molecule has 0 aromatic heterocycles. The van der Waals surface area contributed by atoms with Crippen molar-refractivity contribution >= 4 is 23.2 Å². The van der Waals surface area contributed by atoms with Crippen LogP contribution in [-0.4, -0.2) is 24.6 Å². The smallest absolute Gasteiger partial charge is 0.329 e. The standard InChI is InChI=1S/C17H23N3O3/c1-12-9-10-15(23-2)14(11-12)18-16(21)17(22)20-19-13-7-5-3-4-6-8-13/h9-11H,3-8H2,1-2H3,(H,18,21)(H,20,22). The Labute approximate surface area is 136 Å². The highest BCUT2D eigenvalue weighted by atomic mass is 16.5. The molecule has 0 saturated heterocycles. The molecule has 1 fully saturated rings. The number of methoxy groups -OCH3 is 1. The number of benzene rings is 1. The third-order valence-electron chi connectivity index (χ3n) is 3.81. The van der Waals surface area contributed by atoms with E-state index in [1.165, 1.54) is 20.0 Å². The van der Waals surface area contributed by atoms with Gasteiger partial charge in [-0.05, 0) is 50.3 Å². The molecule has 2 amide bonds. The number of ether oxygens (including phenoxy) is 1. The van der Waals surface area contributed by atoms with Crippen molar-refractivity contribution in [1.82, 2.24) is 5.43 Å². The van der Waals surface area contributed by atoms with E-state index in [1.54, 1.807) is 12.1 Å². The van der Waals surface area contributed by atoms with Gasteiger partial charge in [-0.1, -0.05) is 18.9 Å². The van der Waals surface area contributed by atoms with Gasteiger partial charge in [0.25, 0.3) is 0 Å². The second-order valence-corrected chi connectivity index (χ2v) is 5.69. The lowest BCUT2D eigenvalue weighted by molar-refractivity contribution is -0.136. The molecule has 0 radical (unpaired) electrons. The summed E-state index contributed by atoms with van der Waals surface area (Å²) in [7, 11) is 1.51. The van der Waals surface area contributed by atoms with Crippen molar-refractivity contribution in [2.45, 2.75) is 45.4 Å². The summed E-state index contributed by atoms with van der Waals surface area (Å²) in [5.41, 5.74) is 4.73. The summed E-state index contributed by atoms with van der Waals surface area (Å²) in [5.74, 6) is -1.02. The lowest BCUT2D eigenvalue weighted by atomic mass is 10.2. The van der Waals surface area contributed by atoms with E-state index in [0.29, 0.717) is 11.4 Å². The summed E-state index contributed by atoms with van der Waals surface area (Å²) >= 11 is 0. The van der Waals surface area contributed by atoms with Gasteiger partial charge in [-0.2, -0.15) is 5.10 Å². The minimum Gasteiger partial charge on any atom is -0.495 e. The third kappa shape index (κ3) is 5.09. The van der Waals surface area contributed by atoms with Crippen molar-refractivity contribution in [2.75, 3.05) is 12.4 Å². The first-order valence-corrected chi connectivity index (χ1v) is 7.91. The van der Waals surface area contributed by atoms with E-state index in [-0.39, 0.29) is 0 Å². The summed E-state index contributed by atoms with van der Waals surface area (Å²) in [6, 6.07) is 5.36. The lowest BCUT2D eigenvalue weighted by Gasteiger charge is -2.10. The Kier molecular flexibility index (Phi) is 6.14. The number of amides is 2. The Hall–Kier alpha value is -2.37. The van der Waals surface area contributed by atoms with Gasteiger partial charge in [0.2, 0.25) is 0 Å². The number of hydrogen-bond donors (Lipinski definition) is 2. The van der Waals surface area contributed by atoms with Gasteiger partial charge in [0.1, 0.15) is 5.75 Å². The Balaban J connectivity index is 1.96. The number of aryl methyl sites for hydroxylation is 1. The third-order valence-corrected chi connectivity index (χ3v) is 3.81. The summed E-state index contributed by atoms with van der Waals surface area (Å²) < 4.78 is 5.18. The molecule has 0 bridgehead atoms. The summed E-state index contributed by atoms with van der Waals surface area (Å²) in [6.07, 6.45) is 6.32. The number of anilines is 1. The van der Waals surface area contributed by atoms with Crippen molar-refractivity contribution in [3.8, 4) is 5.75 Å². The van der Waals surface area contributed by atoms with E-state index in [2.05, 4.69) is 15.8 Å². The highest BCUT2D eigenvalue weighted by Crippen LogP contribution is 2.25. The number of carbonyl (C=O) groups is 2. The molecule has 6 nitrogen and oxygen atoms in total. The second-order valence-electron chi connectivity index (χ2n) is 5.69. The number of hydrogen-bond acceptors (Lipinski definition) is 4. The van der Waals surface area contributed by atoms with E-state index in [4.69, 9.17) is 4.74 Å². The van der Waals surface area contributed by atoms with Gasteiger partial charge in [0.15, 0.2) is 0 Å². The average Bonchev–Trinajstić information content (AvgIpc) is 2.81. The van der Waals surface area contributed by atoms with Crippen LogP contribution in [-0.2, 0) is 9.59 Å². The van der Waals surface area contributed by atoms with E-state index < -0.39 is 11.8 Å². The van der Waals surface area contributed by atoms with E-state index in [0.717, 1.165) is 37.0 Å². The fourth-order valence-corrected chi connectivity index (χ4v) is 2.53. The Bertz CT molecular complexity index is 601. The van der Waals surface area contributed by atoms with Gasteiger partial charge in [-0.25, -0.2) is 5.43 Å². The summed E-state index contributed by atoms with van der Waals surface area (Å²) in [4.78, 5) is 23.9. The molecule has 1 saturated carbocycles. The van der Waals surface area contributed by atoms with E-state index in [9.17, 15) is 9.59 Å². The number of rotatable bonds is 3. The van der Waals surface area contributed by atoms with Crippen molar-refractivity contribution in [1.29, 1.82) is 0 Å². The summed E-state index contributed by atoms with van der Waals surface area (Å²) in [6.45, 7) is 1.90. The average molecular weight is 317 g/mol. The zero-order valence-electron chi connectivity index (χ0n) is 13.6. The van der Waals surface area contributed by atoms with Crippen LogP contribution in [0.4, 0.5) is 5.69 Å². The van der Waals surface area contributed by atoms with Gasteiger partial charge in [-0.15, -0.1) is 0 Å². The first-order valence-electron chi connectivity index (χ1n) is 7.91. The predicted octanol–water partition coefficient (Wildman–Crippen LogP) is 2.77. The Morgan fingerprint density at radius 2 is 1.78 bits per heavy atom. The maximum absolute atomic E-state index is 12.0. The molecule has 1 aliphatic rings. The molecule has 0 unspecified atom stereocenters. The summed E-state index contributed by atoms with van der Waals surface area (Å²) in [5, 5.41) is 6.65. The van der Waals surface area contributed by atoms with Crippen molar-refractivity contribution in [3.05, 3.63) is 23.8 Å². The Morgan fingerprint density at radius 3 is 2.43 bits per heavy atom. The topological polar surface area (TPSA) is 79.8 Å². The van der Waals surface area contributed by atoms with Crippen LogP contribution in [0.25, 0.3) is 0 Å². The maximum atomic E-state index is 12.0. The van der Waals surface area contributed by atoms with Crippen molar-refractivity contribution in [2.24, 2.45) is 5.10 Å². The zero-order valence-corrected chi connectivity index (χ0v) is 13.6. The van der Waals surface area contributed by atoms with Crippen molar-refractivity contribution in [3.63, 3.8) is 0 Å². The number of nitrogens with one attached hydrogen (secondary N) is 2. The molecule has 124 valence electrons. The Morgan fingerprint density at radius 1 is 1.09 bits per heavy atom. The second kappa shape index (κ2) is 8.31. The predicted molar refractivity (Wildman–Crippen MR) is 89.6 cm³/mol. The normalized spacial score (nSPS) is 14.6. The van der Waals surface area contributed by atoms with Crippen LogP contribution in [0.1, 0.15) is 44.1 Å². The quantitative estimate of drug-likeness (QED) is 0.511. The molecule has 1 aromatic rings. The SMILES string of the molecule is COc1ccc(C)cc1NC(=O)C(=O)NN=C1CCCCCC1. The molecule has 0 aliphatic heterocycles. The molecular weight excluding hydrogens is 294 g/mol. The molecule has 23 heavy (non-hydrogen) atoms. The first kappa shape index (κ1) is 17.0. The van der Waals surface area contributed by atoms with Crippen LogP contribution in [0, 0.1) is 6.92 Å². The van der Waals surface area contributed by atoms with Gasteiger partial charge >= 0.3 is 11.8 Å². The number of nitrogens with zero attached hydrogens (tertiary/aromatic N) is 1. The molecule has 0 atom stereocenters. The fraction of sp³-hybridized carbons (Fsp3) is 0.471. The van der Waals surface area contributed by atoms with E-state index in [1.807, 2.05) is 13.0 Å². The molecule has 0 heterocycles. The molecule has 1 aliphatic carbocycles. The molecule has 2 N–H and O–H groups in total. The number of hydrazone groups is 1. The van der Waals surface area contributed by atoms with Crippen LogP contribution in [0.3, 0.4) is 0 Å². The molecule has 1 aromatic carbocycles. The number of carbonyl (C=O) groups excluding carboxylic acids is 2. The lowest BCUT2D eigenvalue weighted by Crippen LogP contribution is -2.33. The van der Waals surface area contributed by atoms with Gasteiger partial charge in [-0.3, -0.25) is 9.59 Å². The largest absolute Gasteiger partial charge is 0.495 e. The molecular formula is C17H23N3O3. The van der Waals surface area contributed by atoms with Crippen LogP contribution >= 0.6 is 0 Å². The minimum absolute atomic E-state index is 0.467. The van der Waals surface area contributed by atoms with Crippen LogP contribution in [0.2, 0.25) is 0 Å². The molecule has 0 spiro atoms. The van der Waals surface area contributed by atoms with Crippen LogP contribution in [0.15, 0.2) is 23.3 Å². The van der Waals surface area contributed by atoms with Gasteiger partial charge < -0.3 is 10.1 Å². The zero-order chi connectivity index (χ0) is 16.7. The fourth-order valence-electron chi connectivity index (χ4n) is 2.53.